The number of halogens is 1. The number of pyridine rings is 1. The van der Waals surface area contributed by atoms with Crippen LogP contribution in [0.4, 0.5) is 5.69 Å². The third-order valence-corrected chi connectivity index (χ3v) is 9.83. The lowest BCUT2D eigenvalue weighted by Gasteiger charge is -2.59. The number of hydrogen-bond donors (Lipinski definition) is 1. The normalized spacial score (nSPS) is 38.8. The summed E-state index contributed by atoms with van der Waals surface area (Å²) in [7, 11) is 1.97. The van der Waals surface area contributed by atoms with E-state index in [1.54, 1.807) is 18.3 Å². The highest BCUT2D eigenvalue weighted by Crippen LogP contribution is 2.66. The zero-order chi connectivity index (χ0) is 22.8. The summed E-state index contributed by atoms with van der Waals surface area (Å²) < 4.78 is 0. The molecule has 2 unspecified atom stereocenters. The molecule has 3 aliphatic carbocycles. The third kappa shape index (κ3) is 3.14. The van der Waals surface area contributed by atoms with Crippen molar-refractivity contribution in [2.45, 2.75) is 65.7 Å². The van der Waals surface area contributed by atoms with Gasteiger partial charge in [0.25, 0.3) is 0 Å². The van der Waals surface area contributed by atoms with Gasteiger partial charge in [-0.1, -0.05) is 31.0 Å². The molecule has 0 bridgehead atoms. The molecule has 3 fully saturated rings. The maximum Gasteiger partial charge on any atom is 0.228 e. The molecule has 6 atom stereocenters. The lowest BCUT2D eigenvalue weighted by Crippen LogP contribution is -2.54. The Morgan fingerprint density at radius 3 is 2.75 bits per heavy atom. The Hall–Kier alpha value is -1.88. The molecule has 4 aliphatic rings. The number of nitrogens with zero attached hydrogens (tertiary/aromatic N) is 2. The van der Waals surface area contributed by atoms with Crippen molar-refractivity contribution in [2.75, 3.05) is 12.4 Å². The molecule has 0 spiro atoms. The molecule has 1 aliphatic heterocycles. The van der Waals surface area contributed by atoms with Crippen molar-refractivity contribution in [1.29, 1.82) is 0 Å². The Morgan fingerprint density at radius 1 is 1.22 bits per heavy atom. The van der Waals surface area contributed by atoms with Crippen LogP contribution in [0.15, 0.2) is 29.6 Å². The minimum atomic E-state index is 0.0204. The molecule has 5 rings (SSSR count). The van der Waals surface area contributed by atoms with Crippen LogP contribution in [0, 0.1) is 34.5 Å². The van der Waals surface area contributed by atoms with Crippen molar-refractivity contribution in [2.24, 2.45) is 34.5 Å². The Morgan fingerprint density at radius 2 is 2.00 bits per heavy atom. The number of hydrogen-bond acceptors (Lipinski definition) is 3. The van der Waals surface area contributed by atoms with E-state index in [2.05, 4.69) is 31.1 Å². The highest BCUT2D eigenvalue weighted by atomic mass is 35.5. The van der Waals surface area contributed by atoms with E-state index in [1.165, 1.54) is 11.3 Å². The maximum absolute atomic E-state index is 13.4. The Kier molecular flexibility index (Phi) is 5.20. The zero-order valence-electron chi connectivity index (χ0n) is 19.6. The molecule has 5 nitrogen and oxygen atoms in total. The van der Waals surface area contributed by atoms with Gasteiger partial charge < -0.3 is 10.2 Å². The van der Waals surface area contributed by atoms with Gasteiger partial charge in [-0.3, -0.25) is 9.59 Å². The average molecular weight is 456 g/mol. The molecule has 1 aromatic rings. The summed E-state index contributed by atoms with van der Waals surface area (Å²) in [5, 5.41) is 3.50. The van der Waals surface area contributed by atoms with Crippen molar-refractivity contribution in [3.8, 4) is 0 Å². The molecule has 1 saturated heterocycles. The number of allylic oxidation sites excluding steroid dienone is 2. The van der Waals surface area contributed by atoms with Crippen molar-refractivity contribution in [3.05, 3.63) is 34.8 Å². The van der Waals surface area contributed by atoms with E-state index >= 15 is 0 Å². The van der Waals surface area contributed by atoms with Crippen LogP contribution in [0.2, 0.25) is 5.15 Å². The topological polar surface area (TPSA) is 62.3 Å². The van der Waals surface area contributed by atoms with Gasteiger partial charge >= 0.3 is 0 Å². The largest absolute Gasteiger partial charge is 0.326 e. The lowest BCUT2D eigenvalue weighted by molar-refractivity contribution is -0.137. The zero-order valence-corrected chi connectivity index (χ0v) is 20.3. The second-order valence-electron chi connectivity index (χ2n) is 11.1. The number of piperidine rings is 1. The van der Waals surface area contributed by atoms with Crippen molar-refractivity contribution < 1.29 is 9.59 Å². The highest BCUT2D eigenvalue weighted by molar-refractivity contribution is 6.29. The first-order valence-electron chi connectivity index (χ1n) is 12.0. The fraction of sp³-hybridized carbons (Fsp3) is 0.654. The molecule has 2 saturated carbocycles. The second-order valence-corrected chi connectivity index (χ2v) is 11.5. The van der Waals surface area contributed by atoms with Crippen LogP contribution in [0.3, 0.4) is 0 Å². The number of carbonyl (C=O) groups excluding carboxylic acids is 2. The summed E-state index contributed by atoms with van der Waals surface area (Å²) in [6.45, 7) is 7.00. The SMILES string of the molecule is CC1=C2N(C)C(=O)CC[C@]2(C)C2CC[C@]3(C)[C@@H](C(=O)Nc4ccnc(Cl)c4)CC[C@H]3C2C1. The van der Waals surface area contributed by atoms with Gasteiger partial charge in [0.2, 0.25) is 11.8 Å². The summed E-state index contributed by atoms with van der Waals surface area (Å²) in [6, 6.07) is 3.51. The Labute approximate surface area is 196 Å². The molecule has 1 aromatic heterocycles. The van der Waals surface area contributed by atoms with Crippen molar-refractivity contribution in [3.63, 3.8) is 0 Å². The first-order chi connectivity index (χ1) is 15.1. The van der Waals surface area contributed by atoms with Gasteiger partial charge in [0, 0.05) is 42.4 Å². The number of amides is 2. The number of fused-ring (bicyclic) bond motifs is 5. The predicted molar refractivity (Wildman–Crippen MR) is 126 cm³/mol. The van der Waals surface area contributed by atoms with E-state index in [0.717, 1.165) is 44.2 Å². The van der Waals surface area contributed by atoms with Crippen LogP contribution in [-0.2, 0) is 9.59 Å². The molecular weight excluding hydrogens is 422 g/mol. The fourth-order valence-corrected chi connectivity index (χ4v) is 8.42. The summed E-state index contributed by atoms with van der Waals surface area (Å²) in [5.74, 6) is 2.13. The van der Waals surface area contributed by atoms with E-state index in [1.807, 2.05) is 11.9 Å². The minimum Gasteiger partial charge on any atom is -0.326 e. The van der Waals surface area contributed by atoms with Crippen LogP contribution in [0.25, 0.3) is 0 Å². The number of rotatable bonds is 2. The number of likely N-dealkylation sites (tertiary alicyclic amines) is 1. The average Bonchev–Trinajstić information content (AvgIpc) is 3.09. The highest BCUT2D eigenvalue weighted by Gasteiger charge is 2.61. The van der Waals surface area contributed by atoms with E-state index in [0.29, 0.717) is 29.3 Å². The molecule has 6 heteroatoms. The predicted octanol–water partition coefficient (Wildman–Crippen LogP) is 5.67. The smallest absolute Gasteiger partial charge is 0.228 e. The monoisotopic (exact) mass is 455 g/mol. The summed E-state index contributed by atoms with van der Waals surface area (Å²) in [5.41, 5.74) is 3.49. The Bertz CT molecular complexity index is 1010. The number of aromatic nitrogens is 1. The molecule has 32 heavy (non-hydrogen) atoms. The second kappa shape index (κ2) is 7.58. The van der Waals surface area contributed by atoms with Gasteiger partial charge in [0.1, 0.15) is 5.15 Å². The van der Waals surface area contributed by atoms with Gasteiger partial charge in [-0.05, 0) is 80.8 Å². The van der Waals surface area contributed by atoms with Crippen LogP contribution in [0.1, 0.15) is 65.7 Å². The molecular formula is C26H34ClN3O2. The molecule has 2 heterocycles. The van der Waals surface area contributed by atoms with Crippen LogP contribution in [-0.4, -0.2) is 28.7 Å². The number of anilines is 1. The standard InChI is InChI=1S/C26H34ClN3O2/c1-15-13-17-18-5-6-20(24(32)29-16-9-12-28-21(27)14-16)25(18,2)10-7-19(17)26(3)11-8-22(31)30(4)23(15)26/h9,12,14,17-20H,5-8,10-11,13H2,1-4H3,(H,28,29,32)/t17?,18-,19?,20+,25-,26+/m0/s1. The third-order valence-electron chi connectivity index (χ3n) is 9.62. The van der Waals surface area contributed by atoms with Gasteiger partial charge in [-0.15, -0.1) is 0 Å². The van der Waals surface area contributed by atoms with Gasteiger partial charge in [-0.25, -0.2) is 4.98 Å². The van der Waals surface area contributed by atoms with Gasteiger partial charge in [0.05, 0.1) is 0 Å². The maximum atomic E-state index is 13.4. The summed E-state index contributed by atoms with van der Waals surface area (Å²) >= 11 is 6.01. The molecule has 172 valence electrons. The lowest BCUT2D eigenvalue weighted by atomic mass is 9.48. The van der Waals surface area contributed by atoms with E-state index in [9.17, 15) is 9.59 Å². The van der Waals surface area contributed by atoms with Crippen LogP contribution in [0.5, 0.6) is 0 Å². The first kappa shape index (κ1) is 21.9. The fourth-order valence-electron chi connectivity index (χ4n) is 8.25. The number of nitrogens with one attached hydrogen (secondary N) is 1. The molecule has 2 amide bonds. The van der Waals surface area contributed by atoms with Crippen LogP contribution < -0.4 is 5.32 Å². The van der Waals surface area contributed by atoms with Crippen LogP contribution >= 0.6 is 11.6 Å². The van der Waals surface area contributed by atoms with Crippen molar-refractivity contribution >= 4 is 29.1 Å². The molecule has 0 radical (unpaired) electrons. The van der Waals surface area contributed by atoms with E-state index < -0.39 is 0 Å². The summed E-state index contributed by atoms with van der Waals surface area (Å²) in [6.07, 6.45) is 8.56. The Balaban J connectivity index is 1.42. The summed E-state index contributed by atoms with van der Waals surface area (Å²) in [4.78, 5) is 31.8. The van der Waals surface area contributed by atoms with Gasteiger partial charge in [0.15, 0.2) is 0 Å². The van der Waals surface area contributed by atoms with E-state index in [-0.39, 0.29) is 28.6 Å². The van der Waals surface area contributed by atoms with E-state index in [4.69, 9.17) is 11.6 Å². The molecule has 0 aromatic carbocycles. The minimum absolute atomic E-state index is 0.0204. The molecule has 1 N–H and O–H groups in total. The number of carbonyl (C=O) groups is 2. The van der Waals surface area contributed by atoms with Gasteiger partial charge in [-0.2, -0.15) is 0 Å². The first-order valence-corrected chi connectivity index (χ1v) is 12.4. The quantitative estimate of drug-likeness (QED) is 0.584. The van der Waals surface area contributed by atoms with Crippen molar-refractivity contribution in [1.82, 2.24) is 9.88 Å².